The van der Waals surface area contributed by atoms with Gasteiger partial charge in [0, 0.05) is 38.3 Å². The van der Waals surface area contributed by atoms with Gasteiger partial charge in [0.05, 0.1) is 20.3 Å². The Morgan fingerprint density at radius 1 is 1.00 bits per heavy atom. The first-order chi connectivity index (χ1) is 15.1. The minimum absolute atomic E-state index is 0.195. The molecule has 0 aromatic heterocycles. The molecular formula is C24H34N2O5. The predicted molar refractivity (Wildman–Crippen MR) is 120 cm³/mol. The van der Waals surface area contributed by atoms with Crippen molar-refractivity contribution < 1.29 is 24.4 Å². The van der Waals surface area contributed by atoms with Crippen LogP contribution in [0.5, 0.6) is 17.2 Å². The van der Waals surface area contributed by atoms with Crippen LogP contribution in [0.3, 0.4) is 0 Å². The van der Waals surface area contributed by atoms with Crippen molar-refractivity contribution in [1.82, 2.24) is 10.2 Å². The zero-order valence-corrected chi connectivity index (χ0v) is 18.4. The van der Waals surface area contributed by atoms with Gasteiger partial charge in [-0.25, -0.2) is 0 Å². The third-order valence-corrected chi connectivity index (χ3v) is 5.52. The molecule has 1 atom stereocenters. The fourth-order valence-corrected chi connectivity index (χ4v) is 3.77. The van der Waals surface area contributed by atoms with Crippen LogP contribution < -0.4 is 19.5 Å². The lowest BCUT2D eigenvalue weighted by Gasteiger charge is -2.30. The number of aliphatic hydroxyl groups excluding tert-OH is 2. The summed E-state index contributed by atoms with van der Waals surface area (Å²) in [5.74, 6) is 2.13. The van der Waals surface area contributed by atoms with E-state index >= 15 is 0 Å². The van der Waals surface area contributed by atoms with Crippen molar-refractivity contribution in [1.29, 1.82) is 0 Å². The van der Waals surface area contributed by atoms with E-state index in [-0.39, 0.29) is 12.7 Å². The molecule has 0 radical (unpaired) electrons. The Morgan fingerprint density at radius 3 is 2.48 bits per heavy atom. The number of hydrogen-bond acceptors (Lipinski definition) is 7. The highest BCUT2D eigenvalue weighted by Crippen LogP contribution is 2.28. The molecule has 31 heavy (non-hydrogen) atoms. The van der Waals surface area contributed by atoms with Gasteiger partial charge in [0.15, 0.2) is 11.5 Å². The van der Waals surface area contributed by atoms with Gasteiger partial charge in [-0.05, 0) is 36.6 Å². The van der Waals surface area contributed by atoms with Gasteiger partial charge < -0.3 is 34.6 Å². The molecule has 0 bridgehead atoms. The fraction of sp³-hybridized carbons (Fsp3) is 0.500. The van der Waals surface area contributed by atoms with E-state index in [1.807, 2.05) is 42.5 Å². The average molecular weight is 431 g/mol. The number of β-amino-alcohol motifs (C(OH)–C–C–N with tert-alkyl or cyclic N) is 1. The smallest absolute Gasteiger partial charge is 0.161 e. The van der Waals surface area contributed by atoms with Gasteiger partial charge in [-0.15, -0.1) is 0 Å². The van der Waals surface area contributed by atoms with Crippen molar-refractivity contribution in [2.75, 3.05) is 40.5 Å². The van der Waals surface area contributed by atoms with Crippen LogP contribution in [0.25, 0.3) is 0 Å². The van der Waals surface area contributed by atoms with Crippen molar-refractivity contribution in [2.24, 2.45) is 0 Å². The number of para-hydroxylation sites is 1. The Morgan fingerprint density at radius 2 is 1.74 bits per heavy atom. The number of benzene rings is 2. The molecule has 0 amide bonds. The summed E-state index contributed by atoms with van der Waals surface area (Å²) in [6.07, 6.45) is 0.709. The van der Waals surface area contributed by atoms with Crippen molar-refractivity contribution >= 4 is 0 Å². The number of rotatable bonds is 11. The van der Waals surface area contributed by atoms with Crippen LogP contribution in [0.1, 0.15) is 24.0 Å². The van der Waals surface area contributed by atoms with Gasteiger partial charge in [-0.2, -0.15) is 0 Å². The summed E-state index contributed by atoms with van der Waals surface area (Å²) in [4.78, 5) is 2.16. The van der Waals surface area contributed by atoms with E-state index in [0.717, 1.165) is 42.8 Å². The molecular weight excluding hydrogens is 396 g/mol. The molecule has 2 aromatic rings. The number of ether oxygens (including phenoxy) is 3. The zero-order valence-electron chi connectivity index (χ0n) is 18.4. The molecule has 170 valence electrons. The number of nitrogens with zero attached hydrogens (tertiary/aromatic N) is 1. The molecule has 7 heteroatoms. The summed E-state index contributed by atoms with van der Waals surface area (Å²) in [6.45, 7) is 3.72. The highest BCUT2D eigenvalue weighted by Gasteiger charge is 2.20. The van der Waals surface area contributed by atoms with Crippen LogP contribution >= 0.6 is 0 Å². The first-order valence-electron chi connectivity index (χ1n) is 10.8. The summed E-state index contributed by atoms with van der Waals surface area (Å²) < 4.78 is 16.7. The number of nitrogens with one attached hydrogen (secondary N) is 1. The first kappa shape index (κ1) is 23.3. The van der Waals surface area contributed by atoms with Crippen LogP contribution in [0.15, 0.2) is 42.5 Å². The maximum Gasteiger partial charge on any atom is 0.161 e. The molecule has 3 N–H and O–H groups in total. The van der Waals surface area contributed by atoms with Crippen LogP contribution in [0.2, 0.25) is 0 Å². The molecule has 0 saturated carbocycles. The molecule has 1 heterocycles. The minimum Gasteiger partial charge on any atom is -0.496 e. The minimum atomic E-state index is -0.595. The average Bonchev–Trinajstić information content (AvgIpc) is 2.80. The van der Waals surface area contributed by atoms with Crippen LogP contribution in [-0.4, -0.2) is 67.8 Å². The molecule has 2 aromatic carbocycles. The van der Waals surface area contributed by atoms with Gasteiger partial charge in [0.25, 0.3) is 0 Å². The van der Waals surface area contributed by atoms with Crippen molar-refractivity contribution in [3.8, 4) is 17.2 Å². The van der Waals surface area contributed by atoms with Crippen molar-refractivity contribution in [2.45, 2.75) is 38.1 Å². The summed E-state index contributed by atoms with van der Waals surface area (Å²) in [6, 6.07) is 13.8. The van der Waals surface area contributed by atoms with E-state index in [0.29, 0.717) is 31.1 Å². The monoisotopic (exact) mass is 430 g/mol. The van der Waals surface area contributed by atoms with Crippen LogP contribution in [0.4, 0.5) is 0 Å². The maximum absolute atomic E-state index is 10.3. The molecule has 1 saturated heterocycles. The van der Waals surface area contributed by atoms with Gasteiger partial charge in [-0.1, -0.05) is 24.3 Å². The summed E-state index contributed by atoms with van der Waals surface area (Å²) in [5.41, 5.74) is 2.18. The van der Waals surface area contributed by atoms with Crippen LogP contribution in [-0.2, 0) is 13.1 Å². The van der Waals surface area contributed by atoms with Crippen LogP contribution in [0, 0.1) is 0 Å². The van der Waals surface area contributed by atoms with E-state index in [1.165, 1.54) is 0 Å². The normalized spacial score (nSPS) is 16.1. The Labute approximate surface area is 184 Å². The molecule has 0 unspecified atom stereocenters. The highest BCUT2D eigenvalue weighted by atomic mass is 16.5. The summed E-state index contributed by atoms with van der Waals surface area (Å²) in [5, 5.41) is 23.3. The van der Waals surface area contributed by atoms with Crippen molar-refractivity contribution in [3.63, 3.8) is 0 Å². The predicted octanol–water partition coefficient (Wildman–Crippen LogP) is 2.19. The third kappa shape index (κ3) is 7.11. The number of aliphatic hydroxyl groups is 2. The SMILES string of the molecule is COc1ccccc1CNCc1ccc(OC[C@H](O)CN2CCC(O)CC2)c(OC)c1. The second-order valence-electron chi connectivity index (χ2n) is 7.90. The number of hydrogen-bond donors (Lipinski definition) is 3. The molecule has 1 aliphatic rings. The van der Waals surface area contributed by atoms with E-state index in [9.17, 15) is 10.2 Å². The second kappa shape index (κ2) is 11.9. The van der Waals surface area contributed by atoms with E-state index in [2.05, 4.69) is 10.2 Å². The Bertz CT molecular complexity index is 808. The maximum atomic E-state index is 10.3. The molecule has 1 fully saturated rings. The Kier molecular flexibility index (Phi) is 8.97. The highest BCUT2D eigenvalue weighted by molar-refractivity contribution is 5.43. The number of piperidine rings is 1. The number of likely N-dealkylation sites (tertiary alicyclic amines) is 1. The summed E-state index contributed by atoms with van der Waals surface area (Å²) >= 11 is 0. The Balaban J connectivity index is 1.47. The zero-order chi connectivity index (χ0) is 22.1. The van der Waals surface area contributed by atoms with E-state index in [4.69, 9.17) is 14.2 Å². The molecule has 3 rings (SSSR count). The van der Waals surface area contributed by atoms with Gasteiger partial charge in [0.1, 0.15) is 18.5 Å². The quantitative estimate of drug-likeness (QED) is 0.504. The van der Waals surface area contributed by atoms with E-state index in [1.54, 1.807) is 14.2 Å². The lowest BCUT2D eigenvalue weighted by molar-refractivity contribution is 0.0333. The topological polar surface area (TPSA) is 83.4 Å². The molecule has 0 spiro atoms. The Hall–Kier alpha value is -2.32. The van der Waals surface area contributed by atoms with Gasteiger partial charge >= 0.3 is 0 Å². The van der Waals surface area contributed by atoms with E-state index < -0.39 is 6.10 Å². The second-order valence-corrected chi connectivity index (χ2v) is 7.90. The number of methoxy groups -OCH3 is 2. The van der Waals surface area contributed by atoms with Gasteiger partial charge in [-0.3, -0.25) is 0 Å². The fourth-order valence-electron chi connectivity index (χ4n) is 3.77. The standard InChI is InChI=1S/C24H34N2O5/c1-29-22-6-4-3-5-19(22)15-25-14-18-7-8-23(24(13-18)30-2)31-17-21(28)16-26-11-9-20(27)10-12-26/h3-8,13,20-21,25,27-28H,9-12,14-17H2,1-2H3/t21-/m1/s1. The molecule has 0 aliphatic carbocycles. The molecule has 1 aliphatic heterocycles. The molecule has 7 nitrogen and oxygen atoms in total. The first-order valence-corrected chi connectivity index (χ1v) is 10.8. The third-order valence-electron chi connectivity index (χ3n) is 5.52. The van der Waals surface area contributed by atoms with Crippen molar-refractivity contribution in [3.05, 3.63) is 53.6 Å². The van der Waals surface area contributed by atoms with Gasteiger partial charge in [0.2, 0.25) is 0 Å². The lowest BCUT2D eigenvalue weighted by Crippen LogP contribution is -2.41. The largest absolute Gasteiger partial charge is 0.496 e. The summed E-state index contributed by atoms with van der Waals surface area (Å²) in [7, 11) is 3.29. The lowest BCUT2D eigenvalue weighted by atomic mass is 10.1.